The Kier molecular flexibility index (Phi) is 4.76. The van der Waals surface area contributed by atoms with Crippen molar-refractivity contribution in [1.29, 1.82) is 0 Å². The molecule has 0 radical (unpaired) electrons. The first-order valence-corrected chi connectivity index (χ1v) is 7.57. The number of allylic oxidation sites excluding steroid dienone is 1. The summed E-state index contributed by atoms with van der Waals surface area (Å²) in [5, 5.41) is 10.6. The van der Waals surface area contributed by atoms with Gasteiger partial charge >= 0.3 is 5.97 Å². The van der Waals surface area contributed by atoms with E-state index in [0.29, 0.717) is 13.0 Å². The van der Waals surface area contributed by atoms with Gasteiger partial charge in [-0.2, -0.15) is 0 Å². The molecule has 2 fully saturated rings. The lowest BCUT2D eigenvalue weighted by molar-refractivity contribution is -0.210. The number of aliphatic hydroxyl groups excluding tert-OH is 1. The van der Waals surface area contributed by atoms with E-state index in [4.69, 9.17) is 14.2 Å². The molecule has 21 heavy (non-hydrogen) atoms. The Morgan fingerprint density at radius 2 is 2.14 bits per heavy atom. The van der Waals surface area contributed by atoms with E-state index >= 15 is 0 Å². The zero-order valence-corrected chi connectivity index (χ0v) is 13.5. The van der Waals surface area contributed by atoms with Gasteiger partial charge in [0.1, 0.15) is 12.2 Å². The van der Waals surface area contributed by atoms with Crippen LogP contribution in [0.15, 0.2) is 11.6 Å². The van der Waals surface area contributed by atoms with Crippen LogP contribution < -0.4 is 0 Å². The number of rotatable bonds is 5. The summed E-state index contributed by atoms with van der Waals surface area (Å²) in [4.78, 5) is 11.9. The second-order valence-electron chi connectivity index (χ2n) is 6.75. The number of carbonyl (C=O) groups excluding carboxylic acids is 1. The van der Waals surface area contributed by atoms with Crippen LogP contribution in [-0.2, 0) is 19.0 Å². The van der Waals surface area contributed by atoms with Crippen LogP contribution in [0.4, 0.5) is 0 Å². The van der Waals surface area contributed by atoms with Crippen molar-refractivity contribution in [2.75, 3.05) is 6.61 Å². The first-order valence-electron chi connectivity index (χ1n) is 7.57. The molecule has 5 unspecified atom stereocenters. The Morgan fingerprint density at radius 1 is 1.48 bits per heavy atom. The SMILES string of the molecule is CC(C)=CC(C)(C(C)C)C(O)OC1C(=O)OC2CCOC21. The lowest BCUT2D eigenvalue weighted by Gasteiger charge is -2.37. The maximum atomic E-state index is 11.9. The van der Waals surface area contributed by atoms with Crippen LogP contribution in [0.5, 0.6) is 0 Å². The van der Waals surface area contributed by atoms with Gasteiger partial charge in [-0.05, 0) is 19.8 Å². The summed E-state index contributed by atoms with van der Waals surface area (Å²) in [5.74, 6) is -0.285. The van der Waals surface area contributed by atoms with Crippen molar-refractivity contribution < 1.29 is 24.1 Å². The summed E-state index contributed by atoms with van der Waals surface area (Å²) < 4.78 is 16.4. The normalized spacial score (nSPS) is 32.5. The molecule has 0 aromatic rings. The quantitative estimate of drug-likeness (QED) is 0.478. The summed E-state index contributed by atoms with van der Waals surface area (Å²) in [7, 11) is 0. The molecule has 0 saturated carbocycles. The molecule has 0 aromatic carbocycles. The lowest BCUT2D eigenvalue weighted by Crippen LogP contribution is -2.44. The molecule has 2 rings (SSSR count). The topological polar surface area (TPSA) is 65.0 Å². The number of hydrogen-bond acceptors (Lipinski definition) is 5. The van der Waals surface area contributed by atoms with E-state index < -0.39 is 29.9 Å². The summed E-state index contributed by atoms with van der Waals surface area (Å²) in [6, 6.07) is 0. The largest absolute Gasteiger partial charge is 0.457 e. The molecule has 0 spiro atoms. The van der Waals surface area contributed by atoms with Gasteiger partial charge in [-0.15, -0.1) is 0 Å². The minimum atomic E-state index is -1.09. The monoisotopic (exact) mass is 298 g/mol. The fraction of sp³-hybridized carbons (Fsp3) is 0.812. The predicted molar refractivity (Wildman–Crippen MR) is 77.5 cm³/mol. The van der Waals surface area contributed by atoms with Gasteiger partial charge < -0.3 is 19.3 Å². The van der Waals surface area contributed by atoms with Gasteiger partial charge in [-0.25, -0.2) is 4.79 Å². The number of fused-ring (bicyclic) bond motifs is 1. The molecule has 0 amide bonds. The summed E-state index contributed by atoms with van der Waals surface area (Å²) in [6.07, 6.45) is 0.139. The second-order valence-corrected chi connectivity index (χ2v) is 6.75. The van der Waals surface area contributed by atoms with E-state index in [1.54, 1.807) is 0 Å². The highest BCUT2D eigenvalue weighted by molar-refractivity contribution is 5.78. The third-order valence-corrected chi connectivity index (χ3v) is 4.53. The molecule has 5 nitrogen and oxygen atoms in total. The van der Waals surface area contributed by atoms with Crippen LogP contribution >= 0.6 is 0 Å². The number of aliphatic hydroxyl groups is 1. The Balaban J connectivity index is 2.13. The minimum Gasteiger partial charge on any atom is -0.457 e. The standard InChI is InChI=1S/C16H26O5/c1-9(2)8-16(5,10(3)4)15(18)21-13-12-11(6-7-19-12)20-14(13)17/h8,10-13,15,18H,6-7H2,1-5H3. The molecule has 2 saturated heterocycles. The molecule has 0 aromatic heterocycles. The Bertz CT molecular complexity index is 426. The van der Waals surface area contributed by atoms with Crippen molar-refractivity contribution >= 4 is 5.97 Å². The summed E-state index contributed by atoms with van der Waals surface area (Å²) in [6.45, 7) is 10.5. The van der Waals surface area contributed by atoms with Gasteiger partial charge in [0.15, 0.2) is 12.4 Å². The van der Waals surface area contributed by atoms with Gasteiger partial charge in [0, 0.05) is 11.8 Å². The van der Waals surface area contributed by atoms with Crippen molar-refractivity contribution in [2.24, 2.45) is 11.3 Å². The van der Waals surface area contributed by atoms with E-state index in [9.17, 15) is 9.90 Å². The highest BCUT2D eigenvalue weighted by atomic mass is 16.7. The maximum absolute atomic E-state index is 11.9. The third kappa shape index (κ3) is 3.15. The van der Waals surface area contributed by atoms with Crippen LogP contribution in [0.2, 0.25) is 0 Å². The summed E-state index contributed by atoms with van der Waals surface area (Å²) in [5.41, 5.74) is 0.522. The van der Waals surface area contributed by atoms with Gasteiger partial charge in [0.2, 0.25) is 0 Å². The van der Waals surface area contributed by atoms with E-state index in [-0.39, 0.29) is 12.0 Å². The van der Waals surface area contributed by atoms with Crippen molar-refractivity contribution in [2.45, 2.75) is 65.6 Å². The van der Waals surface area contributed by atoms with Crippen molar-refractivity contribution in [3.63, 3.8) is 0 Å². The second kappa shape index (κ2) is 6.07. The van der Waals surface area contributed by atoms with Gasteiger partial charge in [-0.3, -0.25) is 0 Å². The van der Waals surface area contributed by atoms with Crippen molar-refractivity contribution in [3.8, 4) is 0 Å². The number of ether oxygens (including phenoxy) is 3. The molecular weight excluding hydrogens is 272 g/mol. The average molecular weight is 298 g/mol. The molecule has 2 aliphatic rings. The van der Waals surface area contributed by atoms with Crippen LogP contribution in [0.25, 0.3) is 0 Å². The Hall–Kier alpha value is -0.910. The van der Waals surface area contributed by atoms with E-state index in [2.05, 4.69) is 0 Å². The van der Waals surface area contributed by atoms with Crippen LogP contribution in [0.1, 0.15) is 41.0 Å². The third-order valence-electron chi connectivity index (χ3n) is 4.53. The first kappa shape index (κ1) is 16.5. The van der Waals surface area contributed by atoms with Crippen molar-refractivity contribution in [1.82, 2.24) is 0 Å². The number of carbonyl (C=O) groups is 1. The molecule has 120 valence electrons. The molecule has 2 heterocycles. The molecule has 0 aliphatic carbocycles. The van der Waals surface area contributed by atoms with Gasteiger partial charge in [0.25, 0.3) is 0 Å². The number of esters is 1. The highest BCUT2D eigenvalue weighted by Crippen LogP contribution is 2.37. The Morgan fingerprint density at radius 3 is 2.71 bits per heavy atom. The van der Waals surface area contributed by atoms with Gasteiger partial charge in [-0.1, -0.05) is 32.4 Å². The fourth-order valence-corrected chi connectivity index (χ4v) is 2.91. The van der Waals surface area contributed by atoms with E-state index in [0.717, 1.165) is 5.57 Å². The zero-order valence-electron chi connectivity index (χ0n) is 13.5. The lowest BCUT2D eigenvalue weighted by atomic mass is 9.77. The first-order chi connectivity index (χ1) is 9.75. The van der Waals surface area contributed by atoms with Crippen LogP contribution in [0, 0.1) is 11.3 Å². The van der Waals surface area contributed by atoms with Crippen molar-refractivity contribution in [3.05, 3.63) is 11.6 Å². The zero-order chi connectivity index (χ0) is 15.8. The average Bonchev–Trinajstić information content (AvgIpc) is 2.91. The molecule has 1 N–H and O–H groups in total. The molecule has 5 heteroatoms. The summed E-state index contributed by atoms with van der Waals surface area (Å²) >= 11 is 0. The maximum Gasteiger partial charge on any atom is 0.338 e. The minimum absolute atomic E-state index is 0.153. The van der Waals surface area contributed by atoms with E-state index in [1.165, 1.54) is 0 Å². The highest BCUT2D eigenvalue weighted by Gasteiger charge is 2.51. The molecule has 2 aliphatic heterocycles. The Labute approximate surface area is 126 Å². The molecular formula is C16H26O5. The molecule has 5 atom stereocenters. The smallest absolute Gasteiger partial charge is 0.338 e. The van der Waals surface area contributed by atoms with Crippen LogP contribution in [-0.4, -0.2) is 42.3 Å². The predicted octanol–water partition coefficient (Wildman–Crippen LogP) is 2.03. The van der Waals surface area contributed by atoms with Gasteiger partial charge in [0.05, 0.1) is 6.61 Å². The van der Waals surface area contributed by atoms with Crippen LogP contribution in [0.3, 0.4) is 0 Å². The van der Waals surface area contributed by atoms with E-state index in [1.807, 2.05) is 40.7 Å². The fourth-order valence-electron chi connectivity index (χ4n) is 2.91. The number of hydrogen-bond donors (Lipinski definition) is 1. The molecule has 0 bridgehead atoms.